The summed E-state index contributed by atoms with van der Waals surface area (Å²) in [6, 6.07) is 0.138. The lowest BCUT2D eigenvalue weighted by atomic mass is 10.1. The van der Waals surface area contributed by atoms with Crippen molar-refractivity contribution in [1.82, 2.24) is 10.6 Å². The van der Waals surface area contributed by atoms with Gasteiger partial charge < -0.3 is 20.1 Å². The largest absolute Gasteiger partial charge is 0.378 e. The van der Waals surface area contributed by atoms with E-state index >= 15 is 0 Å². The summed E-state index contributed by atoms with van der Waals surface area (Å²) in [5.41, 5.74) is -0.313. The van der Waals surface area contributed by atoms with E-state index in [0.29, 0.717) is 19.6 Å². The van der Waals surface area contributed by atoms with Gasteiger partial charge in [-0.25, -0.2) is 0 Å². The number of nitrogens with one attached hydrogen (secondary N) is 2. The molecule has 1 aliphatic rings. The minimum Gasteiger partial charge on any atom is -0.378 e. The summed E-state index contributed by atoms with van der Waals surface area (Å²) < 4.78 is 10.5. The zero-order valence-electron chi connectivity index (χ0n) is 10.7. The second-order valence-corrected chi connectivity index (χ2v) is 4.67. The third kappa shape index (κ3) is 6.83. The highest BCUT2D eigenvalue weighted by molar-refractivity contribution is 5.85. The second-order valence-electron chi connectivity index (χ2n) is 4.67. The Hall–Kier alpha value is -0.360. The van der Waals surface area contributed by atoms with Crippen LogP contribution in [0.15, 0.2) is 0 Å². The zero-order valence-corrected chi connectivity index (χ0v) is 11.6. The first-order valence-corrected chi connectivity index (χ1v) is 5.66. The Kier molecular flexibility index (Phi) is 7.70. The van der Waals surface area contributed by atoms with E-state index in [1.54, 1.807) is 7.11 Å². The summed E-state index contributed by atoms with van der Waals surface area (Å²) >= 11 is 0. The smallest absolute Gasteiger partial charge is 0.221 e. The van der Waals surface area contributed by atoms with Gasteiger partial charge in [0.1, 0.15) is 0 Å². The Morgan fingerprint density at radius 3 is 2.82 bits per heavy atom. The average Bonchev–Trinajstić information content (AvgIpc) is 2.28. The maximum Gasteiger partial charge on any atom is 0.221 e. The molecule has 0 bridgehead atoms. The monoisotopic (exact) mass is 266 g/mol. The molecule has 2 N–H and O–H groups in total. The summed E-state index contributed by atoms with van der Waals surface area (Å²) in [6.07, 6.45) is 0.458. The molecule has 0 aliphatic carbocycles. The van der Waals surface area contributed by atoms with Gasteiger partial charge in [-0.1, -0.05) is 0 Å². The maximum absolute atomic E-state index is 11.6. The number of methoxy groups -OCH3 is 1. The summed E-state index contributed by atoms with van der Waals surface area (Å²) in [7, 11) is 1.64. The summed E-state index contributed by atoms with van der Waals surface area (Å²) in [5.74, 6) is 0.0353. The zero-order chi connectivity index (χ0) is 12.0. The Morgan fingerprint density at radius 1 is 1.59 bits per heavy atom. The van der Waals surface area contributed by atoms with Crippen LogP contribution >= 0.6 is 12.4 Å². The van der Waals surface area contributed by atoms with Crippen molar-refractivity contribution < 1.29 is 14.3 Å². The van der Waals surface area contributed by atoms with Crippen molar-refractivity contribution in [3.63, 3.8) is 0 Å². The van der Waals surface area contributed by atoms with Crippen molar-refractivity contribution in [3.05, 3.63) is 0 Å². The number of rotatable bonds is 5. The van der Waals surface area contributed by atoms with Gasteiger partial charge in [0.2, 0.25) is 5.91 Å². The third-order valence-electron chi connectivity index (χ3n) is 2.69. The van der Waals surface area contributed by atoms with Crippen LogP contribution in [-0.2, 0) is 14.3 Å². The van der Waals surface area contributed by atoms with E-state index in [-0.39, 0.29) is 30.0 Å². The first-order chi connectivity index (χ1) is 7.53. The minimum absolute atomic E-state index is 0. The van der Waals surface area contributed by atoms with Gasteiger partial charge in [0.05, 0.1) is 18.8 Å². The van der Waals surface area contributed by atoms with Gasteiger partial charge >= 0.3 is 0 Å². The molecule has 1 fully saturated rings. The first-order valence-electron chi connectivity index (χ1n) is 5.66. The van der Waals surface area contributed by atoms with Crippen LogP contribution in [0.4, 0.5) is 0 Å². The molecule has 1 atom stereocenters. The number of ether oxygens (including phenoxy) is 2. The van der Waals surface area contributed by atoms with Crippen molar-refractivity contribution in [2.24, 2.45) is 0 Å². The molecule has 1 saturated heterocycles. The van der Waals surface area contributed by atoms with Crippen molar-refractivity contribution >= 4 is 18.3 Å². The predicted molar refractivity (Wildman–Crippen MR) is 68.6 cm³/mol. The molecule has 1 heterocycles. The van der Waals surface area contributed by atoms with E-state index < -0.39 is 0 Å². The maximum atomic E-state index is 11.6. The molecule has 1 amide bonds. The van der Waals surface area contributed by atoms with Crippen LogP contribution in [0.25, 0.3) is 0 Å². The summed E-state index contributed by atoms with van der Waals surface area (Å²) in [5, 5.41) is 6.11. The molecule has 1 aliphatic heterocycles. The quantitative estimate of drug-likeness (QED) is 0.753. The fourth-order valence-corrected chi connectivity index (χ4v) is 1.43. The number of amides is 1. The molecular weight excluding hydrogens is 244 g/mol. The number of hydrogen-bond acceptors (Lipinski definition) is 4. The Balaban J connectivity index is 0.00000256. The highest BCUT2D eigenvalue weighted by atomic mass is 35.5. The van der Waals surface area contributed by atoms with Crippen LogP contribution in [-0.4, -0.2) is 51.0 Å². The predicted octanol–water partition coefficient (Wildman–Crippen LogP) is 0.328. The van der Waals surface area contributed by atoms with Crippen molar-refractivity contribution in [2.45, 2.75) is 31.9 Å². The average molecular weight is 267 g/mol. The molecule has 0 spiro atoms. The molecule has 1 unspecified atom stereocenters. The highest BCUT2D eigenvalue weighted by Crippen LogP contribution is 2.05. The van der Waals surface area contributed by atoms with E-state index in [1.165, 1.54) is 0 Å². The van der Waals surface area contributed by atoms with Crippen LogP contribution < -0.4 is 10.6 Å². The van der Waals surface area contributed by atoms with Crippen LogP contribution in [0.1, 0.15) is 20.3 Å². The Bertz CT molecular complexity index is 231. The van der Waals surface area contributed by atoms with E-state index in [4.69, 9.17) is 9.47 Å². The van der Waals surface area contributed by atoms with Crippen molar-refractivity contribution in [3.8, 4) is 0 Å². The van der Waals surface area contributed by atoms with Crippen molar-refractivity contribution in [2.75, 3.05) is 33.4 Å². The second kappa shape index (κ2) is 7.87. The first kappa shape index (κ1) is 16.6. The highest BCUT2D eigenvalue weighted by Gasteiger charge is 2.20. The number of carbonyl (C=O) groups is 1. The van der Waals surface area contributed by atoms with Crippen LogP contribution in [0, 0.1) is 0 Å². The molecule has 5 nitrogen and oxygen atoms in total. The van der Waals surface area contributed by atoms with Gasteiger partial charge in [0, 0.05) is 32.7 Å². The SMILES string of the molecule is COC(C)(C)CNC(=O)CC1COCCN1.Cl. The topological polar surface area (TPSA) is 59.6 Å². The molecule has 0 aromatic heterocycles. The van der Waals surface area contributed by atoms with Gasteiger partial charge in [-0.3, -0.25) is 4.79 Å². The number of morpholine rings is 1. The normalized spacial score (nSPS) is 20.5. The molecule has 0 aromatic carbocycles. The molecule has 0 saturated carbocycles. The van der Waals surface area contributed by atoms with E-state index in [9.17, 15) is 4.79 Å². The summed E-state index contributed by atoms with van der Waals surface area (Å²) in [4.78, 5) is 11.6. The van der Waals surface area contributed by atoms with Crippen LogP contribution in [0.2, 0.25) is 0 Å². The molecular formula is C11H23ClN2O3. The van der Waals surface area contributed by atoms with Gasteiger partial charge in [0.25, 0.3) is 0 Å². The minimum atomic E-state index is -0.313. The fourth-order valence-electron chi connectivity index (χ4n) is 1.43. The van der Waals surface area contributed by atoms with Crippen LogP contribution in [0.3, 0.4) is 0 Å². The van der Waals surface area contributed by atoms with Crippen molar-refractivity contribution in [1.29, 1.82) is 0 Å². The van der Waals surface area contributed by atoms with E-state index in [2.05, 4.69) is 10.6 Å². The molecule has 17 heavy (non-hydrogen) atoms. The third-order valence-corrected chi connectivity index (χ3v) is 2.69. The Labute approximate surface area is 109 Å². The number of carbonyl (C=O) groups excluding carboxylic acids is 1. The summed E-state index contributed by atoms with van der Waals surface area (Å²) in [6.45, 7) is 6.57. The molecule has 0 radical (unpaired) electrons. The Morgan fingerprint density at radius 2 is 2.29 bits per heavy atom. The molecule has 0 aromatic rings. The molecule has 1 rings (SSSR count). The lowest BCUT2D eigenvalue weighted by molar-refractivity contribution is -0.123. The molecule has 6 heteroatoms. The lowest BCUT2D eigenvalue weighted by Gasteiger charge is -2.25. The number of halogens is 1. The standard InChI is InChI=1S/C11H22N2O3.ClH/c1-11(2,15-3)8-13-10(14)6-9-7-16-5-4-12-9;/h9,12H,4-8H2,1-3H3,(H,13,14);1H. The van der Waals surface area contributed by atoms with Gasteiger partial charge in [-0.15, -0.1) is 12.4 Å². The van der Waals surface area contributed by atoms with Gasteiger partial charge in [0.15, 0.2) is 0 Å². The van der Waals surface area contributed by atoms with E-state index in [1.807, 2.05) is 13.8 Å². The molecule has 102 valence electrons. The fraction of sp³-hybridized carbons (Fsp3) is 0.909. The van der Waals surface area contributed by atoms with Gasteiger partial charge in [-0.2, -0.15) is 0 Å². The lowest BCUT2D eigenvalue weighted by Crippen LogP contribution is -2.46. The van der Waals surface area contributed by atoms with E-state index in [0.717, 1.165) is 13.2 Å². The van der Waals surface area contributed by atoms with Crippen LogP contribution in [0.5, 0.6) is 0 Å². The number of hydrogen-bond donors (Lipinski definition) is 2. The van der Waals surface area contributed by atoms with Gasteiger partial charge in [-0.05, 0) is 13.8 Å².